The Labute approximate surface area is 161 Å². The van der Waals surface area contributed by atoms with Crippen molar-refractivity contribution in [1.82, 2.24) is 10.2 Å². The van der Waals surface area contributed by atoms with Gasteiger partial charge in [-0.25, -0.2) is 0 Å². The second kappa shape index (κ2) is 9.49. The lowest BCUT2D eigenvalue weighted by Crippen LogP contribution is -2.14. The highest BCUT2D eigenvalue weighted by atomic mass is 35.5. The second-order valence-corrected chi connectivity index (χ2v) is 7.09. The number of carbonyl (C=O) groups is 2. The van der Waals surface area contributed by atoms with Crippen LogP contribution in [0.1, 0.15) is 48.5 Å². The van der Waals surface area contributed by atoms with Gasteiger partial charge in [0, 0.05) is 19.4 Å². The molecular formula is C17H21ClN4O3S. The Morgan fingerprint density at radius 3 is 2.65 bits per heavy atom. The lowest BCUT2D eigenvalue weighted by Gasteiger charge is -2.12. The third-order valence-corrected chi connectivity index (χ3v) is 4.74. The van der Waals surface area contributed by atoms with Crippen molar-refractivity contribution in [2.75, 3.05) is 17.7 Å². The van der Waals surface area contributed by atoms with E-state index in [0.29, 0.717) is 16.6 Å². The standard InChI is InChI=1S/C17H21ClN4O3S/c1-4-5-6-7-15-21-22-17(26-15)20-16(24)11-8-12(18)13(19-10(2)23)9-14(11)25-3/h8-9H,4-7H2,1-3H3,(H,19,23)(H,20,22,24). The van der Waals surface area contributed by atoms with Crippen molar-refractivity contribution in [3.05, 3.63) is 27.7 Å². The van der Waals surface area contributed by atoms with Gasteiger partial charge in [-0.05, 0) is 12.5 Å². The molecule has 0 fully saturated rings. The average Bonchev–Trinajstić information content (AvgIpc) is 3.03. The lowest BCUT2D eigenvalue weighted by molar-refractivity contribution is -0.114. The van der Waals surface area contributed by atoms with E-state index in [1.165, 1.54) is 37.5 Å². The molecule has 0 aliphatic heterocycles. The van der Waals surface area contributed by atoms with Crippen LogP contribution in [0.25, 0.3) is 0 Å². The molecule has 0 aliphatic carbocycles. The number of nitrogens with one attached hydrogen (secondary N) is 2. The molecule has 2 rings (SSSR count). The molecule has 1 aromatic carbocycles. The van der Waals surface area contributed by atoms with Crippen LogP contribution in [0.4, 0.5) is 10.8 Å². The number of halogens is 1. The Kier molecular flexibility index (Phi) is 7.35. The van der Waals surface area contributed by atoms with Crippen LogP contribution in [0.3, 0.4) is 0 Å². The third kappa shape index (κ3) is 5.40. The maximum Gasteiger partial charge on any atom is 0.261 e. The van der Waals surface area contributed by atoms with Crippen LogP contribution in [0.15, 0.2) is 12.1 Å². The van der Waals surface area contributed by atoms with Crippen LogP contribution >= 0.6 is 22.9 Å². The first-order valence-electron chi connectivity index (χ1n) is 8.23. The summed E-state index contributed by atoms with van der Waals surface area (Å²) in [6, 6.07) is 2.96. The van der Waals surface area contributed by atoms with Gasteiger partial charge in [0.2, 0.25) is 11.0 Å². The van der Waals surface area contributed by atoms with Crippen LogP contribution in [0.5, 0.6) is 5.75 Å². The van der Waals surface area contributed by atoms with Crippen molar-refractivity contribution in [3.63, 3.8) is 0 Å². The molecule has 0 spiro atoms. The van der Waals surface area contributed by atoms with E-state index in [0.717, 1.165) is 30.7 Å². The number of rotatable bonds is 8. The van der Waals surface area contributed by atoms with Crippen molar-refractivity contribution in [2.24, 2.45) is 0 Å². The fraction of sp³-hybridized carbons (Fsp3) is 0.412. The van der Waals surface area contributed by atoms with E-state index in [-0.39, 0.29) is 16.5 Å². The van der Waals surface area contributed by atoms with Crippen molar-refractivity contribution >= 4 is 45.6 Å². The number of amides is 2. The number of nitrogens with zero attached hydrogens (tertiary/aromatic N) is 2. The first-order chi connectivity index (χ1) is 12.4. The van der Waals surface area contributed by atoms with Gasteiger partial charge in [-0.15, -0.1) is 10.2 Å². The van der Waals surface area contributed by atoms with Gasteiger partial charge in [-0.3, -0.25) is 14.9 Å². The molecule has 0 saturated heterocycles. The molecule has 0 bridgehead atoms. The highest BCUT2D eigenvalue weighted by Gasteiger charge is 2.18. The molecule has 26 heavy (non-hydrogen) atoms. The van der Waals surface area contributed by atoms with Gasteiger partial charge in [-0.2, -0.15) is 0 Å². The number of benzene rings is 1. The number of ether oxygens (including phenoxy) is 1. The Bertz CT molecular complexity index is 794. The topological polar surface area (TPSA) is 93.2 Å². The molecule has 140 valence electrons. The first kappa shape index (κ1) is 20.1. The van der Waals surface area contributed by atoms with Gasteiger partial charge in [0.25, 0.3) is 5.91 Å². The number of aromatic nitrogens is 2. The van der Waals surface area contributed by atoms with E-state index < -0.39 is 5.91 Å². The van der Waals surface area contributed by atoms with Gasteiger partial charge < -0.3 is 10.1 Å². The molecule has 0 unspecified atom stereocenters. The zero-order valence-electron chi connectivity index (χ0n) is 14.9. The van der Waals surface area contributed by atoms with Crippen molar-refractivity contribution < 1.29 is 14.3 Å². The largest absolute Gasteiger partial charge is 0.496 e. The number of hydrogen-bond donors (Lipinski definition) is 2. The van der Waals surface area contributed by atoms with E-state index in [9.17, 15) is 9.59 Å². The number of unbranched alkanes of at least 4 members (excludes halogenated alkanes) is 2. The molecule has 0 radical (unpaired) electrons. The Morgan fingerprint density at radius 1 is 1.23 bits per heavy atom. The van der Waals surface area contributed by atoms with Crippen molar-refractivity contribution in [3.8, 4) is 5.75 Å². The maximum atomic E-state index is 12.6. The summed E-state index contributed by atoms with van der Waals surface area (Å²) in [5, 5.41) is 14.9. The fourth-order valence-corrected chi connectivity index (χ4v) is 3.27. The molecule has 1 heterocycles. The quantitative estimate of drug-likeness (QED) is 0.654. The molecule has 0 atom stereocenters. The lowest BCUT2D eigenvalue weighted by atomic mass is 10.1. The molecule has 7 nitrogen and oxygen atoms in total. The van der Waals surface area contributed by atoms with E-state index in [1.54, 1.807) is 0 Å². The predicted octanol–water partition coefficient (Wildman–Crippen LogP) is 4.14. The Hall–Kier alpha value is -2.19. The summed E-state index contributed by atoms with van der Waals surface area (Å²) in [4.78, 5) is 23.8. The smallest absolute Gasteiger partial charge is 0.261 e. The fourth-order valence-electron chi connectivity index (χ4n) is 2.28. The van der Waals surface area contributed by atoms with Crippen LogP contribution in [0.2, 0.25) is 5.02 Å². The Morgan fingerprint density at radius 2 is 2.00 bits per heavy atom. The molecule has 1 aromatic heterocycles. The minimum Gasteiger partial charge on any atom is -0.496 e. The molecule has 2 N–H and O–H groups in total. The number of methoxy groups -OCH3 is 1. The maximum absolute atomic E-state index is 12.6. The minimum atomic E-state index is -0.408. The van der Waals surface area contributed by atoms with Crippen LogP contribution in [-0.4, -0.2) is 29.1 Å². The van der Waals surface area contributed by atoms with Crippen LogP contribution in [0, 0.1) is 0 Å². The number of anilines is 2. The van der Waals surface area contributed by atoms with Gasteiger partial charge in [0.05, 0.1) is 23.4 Å². The van der Waals surface area contributed by atoms with E-state index >= 15 is 0 Å². The zero-order chi connectivity index (χ0) is 19.1. The summed E-state index contributed by atoms with van der Waals surface area (Å²) >= 11 is 7.50. The summed E-state index contributed by atoms with van der Waals surface area (Å²) < 4.78 is 5.25. The molecular weight excluding hydrogens is 376 g/mol. The summed E-state index contributed by atoms with van der Waals surface area (Å²) in [5.41, 5.74) is 0.621. The highest BCUT2D eigenvalue weighted by molar-refractivity contribution is 7.15. The van der Waals surface area contributed by atoms with Gasteiger partial charge in [-0.1, -0.05) is 42.7 Å². The molecule has 9 heteroatoms. The first-order valence-corrected chi connectivity index (χ1v) is 9.42. The SMILES string of the molecule is CCCCCc1nnc(NC(=O)c2cc(Cl)c(NC(C)=O)cc2OC)s1. The molecule has 2 aromatic rings. The minimum absolute atomic E-state index is 0.240. The number of hydrogen-bond acceptors (Lipinski definition) is 6. The van der Waals surface area contributed by atoms with Crippen molar-refractivity contribution in [2.45, 2.75) is 39.5 Å². The van der Waals surface area contributed by atoms with Crippen molar-refractivity contribution in [1.29, 1.82) is 0 Å². The Balaban J connectivity index is 2.13. The van der Waals surface area contributed by atoms with Crippen LogP contribution < -0.4 is 15.4 Å². The third-order valence-electron chi connectivity index (χ3n) is 3.53. The summed E-state index contributed by atoms with van der Waals surface area (Å²) in [5.74, 6) is -0.381. The molecule has 0 saturated carbocycles. The summed E-state index contributed by atoms with van der Waals surface area (Å²) in [7, 11) is 1.44. The molecule has 0 aliphatic rings. The summed E-state index contributed by atoms with van der Waals surface area (Å²) in [6.07, 6.45) is 4.17. The normalized spacial score (nSPS) is 10.5. The van der Waals surface area contributed by atoms with E-state index in [1.807, 2.05) is 0 Å². The van der Waals surface area contributed by atoms with E-state index in [2.05, 4.69) is 27.8 Å². The summed E-state index contributed by atoms with van der Waals surface area (Å²) in [6.45, 7) is 3.51. The number of aryl methyl sites for hydroxylation is 1. The van der Waals surface area contributed by atoms with E-state index in [4.69, 9.17) is 16.3 Å². The van der Waals surface area contributed by atoms with Crippen LogP contribution in [-0.2, 0) is 11.2 Å². The zero-order valence-corrected chi connectivity index (χ0v) is 16.5. The highest BCUT2D eigenvalue weighted by Crippen LogP contribution is 2.31. The molecule has 2 amide bonds. The van der Waals surface area contributed by atoms with Gasteiger partial charge in [0.15, 0.2) is 0 Å². The van der Waals surface area contributed by atoms with Gasteiger partial charge >= 0.3 is 0 Å². The van der Waals surface area contributed by atoms with Gasteiger partial charge in [0.1, 0.15) is 10.8 Å². The number of carbonyl (C=O) groups excluding carboxylic acids is 2. The average molecular weight is 397 g/mol. The second-order valence-electron chi connectivity index (χ2n) is 5.63. The monoisotopic (exact) mass is 396 g/mol. The predicted molar refractivity (Wildman–Crippen MR) is 103 cm³/mol.